The Kier molecular flexibility index (Phi) is 3.26. The van der Waals surface area contributed by atoms with Crippen molar-refractivity contribution in [2.45, 2.75) is 19.3 Å². The summed E-state index contributed by atoms with van der Waals surface area (Å²) in [5, 5.41) is 0. The average Bonchev–Trinajstić information content (AvgIpc) is 2.61. The van der Waals surface area contributed by atoms with E-state index >= 15 is 0 Å². The zero-order valence-corrected chi connectivity index (χ0v) is 9.64. The number of hydrogen-bond acceptors (Lipinski definition) is 5. The standard InChI is InChI=1S/C8H12F2O5S/c1-6(11)14-4-7(3-8(7,9)10)5-15-16(2,12)13/h3-5H2,1-2H3/t7-/m0/s1. The molecule has 0 spiro atoms. The molecular formula is C8H12F2O5S. The Balaban J connectivity index is 2.59. The molecule has 8 heteroatoms. The van der Waals surface area contributed by atoms with E-state index in [2.05, 4.69) is 8.92 Å². The third-order valence-electron chi connectivity index (χ3n) is 2.31. The molecular weight excluding hydrogens is 246 g/mol. The van der Waals surface area contributed by atoms with Crippen LogP contribution in [-0.2, 0) is 23.8 Å². The summed E-state index contributed by atoms with van der Waals surface area (Å²) < 4.78 is 56.2. The lowest BCUT2D eigenvalue weighted by atomic mass is 10.1. The number of ether oxygens (including phenoxy) is 1. The van der Waals surface area contributed by atoms with Gasteiger partial charge in [-0.1, -0.05) is 0 Å². The Morgan fingerprint density at radius 1 is 1.38 bits per heavy atom. The first-order valence-corrected chi connectivity index (χ1v) is 6.25. The van der Waals surface area contributed by atoms with Gasteiger partial charge in [-0.3, -0.25) is 8.98 Å². The van der Waals surface area contributed by atoms with E-state index in [1.165, 1.54) is 0 Å². The van der Waals surface area contributed by atoms with Gasteiger partial charge in [-0.15, -0.1) is 0 Å². The van der Waals surface area contributed by atoms with Crippen LogP contribution in [0, 0.1) is 5.41 Å². The lowest BCUT2D eigenvalue weighted by Crippen LogP contribution is -2.26. The number of esters is 1. The van der Waals surface area contributed by atoms with E-state index in [0.717, 1.165) is 13.2 Å². The van der Waals surface area contributed by atoms with Gasteiger partial charge in [0, 0.05) is 13.3 Å². The molecule has 0 aromatic carbocycles. The Morgan fingerprint density at radius 2 is 1.88 bits per heavy atom. The van der Waals surface area contributed by atoms with Gasteiger partial charge < -0.3 is 4.74 Å². The van der Waals surface area contributed by atoms with E-state index < -0.39 is 47.1 Å². The topological polar surface area (TPSA) is 69.7 Å². The van der Waals surface area contributed by atoms with Crippen LogP contribution in [0.5, 0.6) is 0 Å². The average molecular weight is 258 g/mol. The van der Waals surface area contributed by atoms with Crippen molar-refractivity contribution in [1.82, 2.24) is 0 Å². The fraction of sp³-hybridized carbons (Fsp3) is 0.875. The number of carbonyl (C=O) groups is 1. The van der Waals surface area contributed by atoms with Gasteiger partial charge in [0.1, 0.15) is 6.61 Å². The van der Waals surface area contributed by atoms with Crippen LogP contribution in [-0.4, -0.2) is 39.8 Å². The highest BCUT2D eigenvalue weighted by Crippen LogP contribution is 2.60. The molecule has 94 valence electrons. The van der Waals surface area contributed by atoms with Crippen LogP contribution in [0.25, 0.3) is 0 Å². The van der Waals surface area contributed by atoms with E-state index in [4.69, 9.17) is 0 Å². The zero-order chi connectivity index (χ0) is 12.6. The molecule has 1 saturated carbocycles. The molecule has 0 unspecified atom stereocenters. The van der Waals surface area contributed by atoms with E-state index in [1.807, 2.05) is 0 Å². The number of hydrogen-bond donors (Lipinski definition) is 0. The summed E-state index contributed by atoms with van der Waals surface area (Å²) >= 11 is 0. The largest absolute Gasteiger partial charge is 0.465 e. The first-order valence-electron chi connectivity index (χ1n) is 4.44. The molecule has 1 rings (SSSR count). The molecule has 0 aromatic heterocycles. The van der Waals surface area contributed by atoms with Crippen molar-refractivity contribution in [3.63, 3.8) is 0 Å². The Bertz CT molecular complexity index is 391. The second-order valence-electron chi connectivity index (χ2n) is 3.91. The maximum absolute atomic E-state index is 13.0. The zero-order valence-electron chi connectivity index (χ0n) is 8.83. The predicted molar refractivity (Wildman–Crippen MR) is 49.4 cm³/mol. The van der Waals surface area contributed by atoms with Gasteiger partial charge in [0.05, 0.1) is 18.3 Å². The van der Waals surface area contributed by atoms with Crippen molar-refractivity contribution in [2.24, 2.45) is 5.41 Å². The molecule has 0 aromatic rings. The Hall–Kier alpha value is -0.760. The van der Waals surface area contributed by atoms with Crippen molar-refractivity contribution >= 4 is 16.1 Å². The molecule has 0 heterocycles. The number of rotatable bonds is 5. The lowest BCUT2D eigenvalue weighted by molar-refractivity contribution is -0.144. The summed E-state index contributed by atoms with van der Waals surface area (Å²) in [7, 11) is -3.78. The highest BCUT2D eigenvalue weighted by molar-refractivity contribution is 7.85. The van der Waals surface area contributed by atoms with Crippen molar-refractivity contribution in [1.29, 1.82) is 0 Å². The van der Waals surface area contributed by atoms with Gasteiger partial charge in [0.2, 0.25) is 0 Å². The number of halogens is 2. The van der Waals surface area contributed by atoms with Gasteiger partial charge in [-0.2, -0.15) is 8.42 Å². The summed E-state index contributed by atoms with van der Waals surface area (Å²) in [6, 6.07) is 0. The summed E-state index contributed by atoms with van der Waals surface area (Å²) in [5.74, 6) is -3.74. The minimum atomic E-state index is -3.78. The SMILES string of the molecule is CC(=O)OC[C@]1(COS(C)(=O)=O)CC1(F)F. The van der Waals surface area contributed by atoms with Crippen LogP contribution < -0.4 is 0 Å². The van der Waals surface area contributed by atoms with Gasteiger partial charge in [-0.25, -0.2) is 8.78 Å². The third kappa shape index (κ3) is 3.11. The molecule has 16 heavy (non-hydrogen) atoms. The summed E-state index contributed by atoms with van der Waals surface area (Å²) in [5.41, 5.74) is -1.69. The molecule has 1 aliphatic rings. The summed E-state index contributed by atoms with van der Waals surface area (Å²) in [6.07, 6.45) is 0.232. The Labute approximate surface area is 91.8 Å². The van der Waals surface area contributed by atoms with Crippen LogP contribution in [0.1, 0.15) is 13.3 Å². The highest BCUT2D eigenvalue weighted by atomic mass is 32.2. The van der Waals surface area contributed by atoms with Crippen molar-refractivity contribution in [3.8, 4) is 0 Å². The predicted octanol–water partition coefficient (Wildman–Crippen LogP) is 0.551. The van der Waals surface area contributed by atoms with Crippen molar-refractivity contribution in [2.75, 3.05) is 19.5 Å². The minimum absolute atomic E-state index is 0.537. The minimum Gasteiger partial charge on any atom is -0.465 e. The van der Waals surface area contributed by atoms with Crippen molar-refractivity contribution in [3.05, 3.63) is 0 Å². The molecule has 1 aliphatic carbocycles. The fourth-order valence-electron chi connectivity index (χ4n) is 1.20. The van der Waals surface area contributed by atoms with Crippen LogP contribution >= 0.6 is 0 Å². The summed E-state index contributed by atoms with van der Waals surface area (Å²) in [4.78, 5) is 10.5. The molecule has 0 amide bonds. The summed E-state index contributed by atoms with van der Waals surface area (Å²) in [6.45, 7) is -0.122. The second kappa shape index (κ2) is 3.92. The first-order chi connectivity index (χ1) is 7.08. The van der Waals surface area contributed by atoms with Crippen molar-refractivity contribution < 1.29 is 30.9 Å². The Morgan fingerprint density at radius 3 is 2.19 bits per heavy atom. The molecule has 0 saturated heterocycles. The lowest BCUT2D eigenvalue weighted by Gasteiger charge is -2.15. The third-order valence-corrected chi connectivity index (χ3v) is 2.86. The van der Waals surface area contributed by atoms with E-state index in [9.17, 15) is 22.0 Å². The number of alkyl halides is 2. The maximum Gasteiger partial charge on any atom is 0.302 e. The van der Waals surface area contributed by atoms with E-state index in [-0.39, 0.29) is 0 Å². The molecule has 0 aliphatic heterocycles. The van der Waals surface area contributed by atoms with Crippen LogP contribution in [0.2, 0.25) is 0 Å². The van der Waals surface area contributed by atoms with Gasteiger partial charge in [0.25, 0.3) is 16.0 Å². The van der Waals surface area contributed by atoms with E-state index in [0.29, 0.717) is 0 Å². The molecule has 0 radical (unpaired) electrons. The highest BCUT2D eigenvalue weighted by Gasteiger charge is 2.72. The fourth-order valence-corrected chi connectivity index (χ4v) is 1.63. The molecule has 5 nitrogen and oxygen atoms in total. The van der Waals surface area contributed by atoms with Crippen LogP contribution in [0.15, 0.2) is 0 Å². The van der Waals surface area contributed by atoms with Crippen LogP contribution in [0.3, 0.4) is 0 Å². The molecule has 1 atom stereocenters. The maximum atomic E-state index is 13.0. The van der Waals surface area contributed by atoms with E-state index in [1.54, 1.807) is 0 Å². The van der Waals surface area contributed by atoms with Gasteiger partial charge in [0.15, 0.2) is 0 Å². The molecule has 1 fully saturated rings. The van der Waals surface area contributed by atoms with Gasteiger partial charge >= 0.3 is 5.97 Å². The normalized spacial score (nSPS) is 27.5. The molecule has 0 N–H and O–H groups in total. The first kappa shape index (κ1) is 13.3. The van der Waals surface area contributed by atoms with Crippen LogP contribution in [0.4, 0.5) is 8.78 Å². The smallest absolute Gasteiger partial charge is 0.302 e. The second-order valence-corrected chi connectivity index (χ2v) is 5.55. The quantitative estimate of drug-likeness (QED) is 0.532. The molecule has 0 bridgehead atoms. The van der Waals surface area contributed by atoms with Gasteiger partial charge in [-0.05, 0) is 0 Å². The monoisotopic (exact) mass is 258 g/mol. The number of carbonyl (C=O) groups excluding carboxylic acids is 1.